The van der Waals surface area contributed by atoms with Gasteiger partial charge in [-0.15, -0.1) is 10.2 Å². The summed E-state index contributed by atoms with van der Waals surface area (Å²) in [5, 5.41) is 12.5. The highest BCUT2D eigenvalue weighted by atomic mass is 32.2. The van der Waals surface area contributed by atoms with E-state index >= 15 is 0 Å². The van der Waals surface area contributed by atoms with Crippen molar-refractivity contribution in [3.8, 4) is 11.4 Å². The maximum atomic E-state index is 13.2. The first-order chi connectivity index (χ1) is 9.51. The lowest BCUT2D eigenvalue weighted by atomic mass is 10.0. The minimum Gasteiger partial charge on any atom is -0.291 e. The fourth-order valence-electron chi connectivity index (χ4n) is 2.11. The normalized spacial score (nSPS) is 12.7. The summed E-state index contributed by atoms with van der Waals surface area (Å²) in [6, 6.07) is 4.19. The van der Waals surface area contributed by atoms with Crippen molar-refractivity contribution in [2.75, 3.05) is 0 Å². The Balaban J connectivity index is 2.80. The van der Waals surface area contributed by atoms with Gasteiger partial charge in [-0.3, -0.25) is 4.57 Å². The van der Waals surface area contributed by atoms with E-state index in [0.29, 0.717) is 17.0 Å². The fraction of sp³-hybridized carbons (Fsp3) is 0.385. The van der Waals surface area contributed by atoms with E-state index in [2.05, 4.69) is 10.2 Å². The first-order valence-corrected chi connectivity index (χ1v) is 7.81. The Kier molecular flexibility index (Phi) is 3.63. The summed E-state index contributed by atoms with van der Waals surface area (Å²) >= 11 is 0. The van der Waals surface area contributed by atoms with Crippen LogP contribution in [0, 0.1) is 12.7 Å². The topological polar surface area (TPSA) is 90.9 Å². The van der Waals surface area contributed by atoms with E-state index in [9.17, 15) is 12.8 Å². The highest BCUT2D eigenvalue weighted by molar-refractivity contribution is 7.89. The molecule has 0 atom stereocenters. The van der Waals surface area contributed by atoms with E-state index in [0.717, 1.165) is 0 Å². The molecular formula is C13H17FN4O2S. The van der Waals surface area contributed by atoms with Crippen molar-refractivity contribution in [3.05, 3.63) is 29.6 Å². The summed E-state index contributed by atoms with van der Waals surface area (Å²) in [5.41, 5.74) is 0.629. The molecule has 0 aliphatic rings. The number of rotatable bonds is 2. The van der Waals surface area contributed by atoms with Crippen LogP contribution in [0.4, 0.5) is 4.39 Å². The van der Waals surface area contributed by atoms with Gasteiger partial charge in [-0.05, 0) is 51.5 Å². The predicted octanol–water partition coefficient (Wildman–Crippen LogP) is 1.80. The largest absolute Gasteiger partial charge is 0.291 e. The van der Waals surface area contributed by atoms with E-state index in [-0.39, 0.29) is 11.0 Å². The Morgan fingerprint density at radius 2 is 1.86 bits per heavy atom. The molecule has 0 saturated carbocycles. The Bertz CT molecular complexity index is 791. The summed E-state index contributed by atoms with van der Waals surface area (Å²) in [6.45, 7) is 7.16. The third-order valence-electron chi connectivity index (χ3n) is 2.99. The average Bonchev–Trinajstić information content (AvgIpc) is 2.72. The van der Waals surface area contributed by atoms with Gasteiger partial charge < -0.3 is 0 Å². The van der Waals surface area contributed by atoms with E-state index in [1.807, 2.05) is 20.8 Å². The molecule has 1 heterocycles. The second kappa shape index (κ2) is 4.88. The highest BCUT2D eigenvalue weighted by Gasteiger charge is 2.29. The zero-order chi connectivity index (χ0) is 16.0. The number of aryl methyl sites for hydroxylation is 1. The van der Waals surface area contributed by atoms with Gasteiger partial charge in [0.05, 0.1) is 0 Å². The summed E-state index contributed by atoms with van der Waals surface area (Å²) < 4.78 is 38.0. The van der Waals surface area contributed by atoms with Crippen LogP contribution in [-0.2, 0) is 15.6 Å². The number of hydrogen-bond donors (Lipinski definition) is 1. The second-order valence-corrected chi connectivity index (χ2v) is 7.27. The van der Waals surface area contributed by atoms with Crippen LogP contribution in [0.1, 0.15) is 26.3 Å². The molecule has 0 aliphatic heterocycles. The van der Waals surface area contributed by atoms with Crippen molar-refractivity contribution in [1.82, 2.24) is 14.8 Å². The molecule has 2 N–H and O–H groups in total. The predicted molar refractivity (Wildman–Crippen MR) is 76.5 cm³/mol. The van der Waals surface area contributed by atoms with Gasteiger partial charge in [-0.1, -0.05) is 0 Å². The summed E-state index contributed by atoms with van der Waals surface area (Å²) in [4.78, 5) is 0. The molecule has 21 heavy (non-hydrogen) atoms. The van der Waals surface area contributed by atoms with Gasteiger partial charge in [0.1, 0.15) is 5.82 Å². The zero-order valence-corrected chi connectivity index (χ0v) is 13.1. The first kappa shape index (κ1) is 15.6. The zero-order valence-electron chi connectivity index (χ0n) is 12.3. The molecule has 0 saturated heterocycles. The maximum absolute atomic E-state index is 13.2. The molecule has 0 amide bonds. The van der Waals surface area contributed by atoms with Crippen LogP contribution in [0.5, 0.6) is 0 Å². The highest BCUT2D eigenvalue weighted by Crippen LogP contribution is 2.29. The Morgan fingerprint density at radius 1 is 1.24 bits per heavy atom. The lowest BCUT2D eigenvalue weighted by Crippen LogP contribution is -2.29. The molecule has 0 unspecified atom stereocenters. The van der Waals surface area contributed by atoms with Crippen molar-refractivity contribution >= 4 is 10.0 Å². The molecule has 0 fully saturated rings. The van der Waals surface area contributed by atoms with Crippen molar-refractivity contribution in [3.63, 3.8) is 0 Å². The number of aromatic nitrogens is 3. The van der Waals surface area contributed by atoms with Crippen molar-refractivity contribution in [2.45, 2.75) is 38.4 Å². The van der Waals surface area contributed by atoms with E-state index in [1.165, 1.54) is 16.7 Å². The van der Waals surface area contributed by atoms with Gasteiger partial charge in [0, 0.05) is 11.1 Å². The minimum absolute atomic E-state index is 0.311. The van der Waals surface area contributed by atoms with Gasteiger partial charge in [-0.2, -0.15) is 0 Å². The van der Waals surface area contributed by atoms with Crippen LogP contribution in [0.25, 0.3) is 11.4 Å². The third-order valence-corrected chi connectivity index (χ3v) is 3.76. The number of benzene rings is 1. The molecule has 0 radical (unpaired) electrons. The van der Waals surface area contributed by atoms with Gasteiger partial charge in [-0.25, -0.2) is 17.9 Å². The average molecular weight is 312 g/mol. The van der Waals surface area contributed by atoms with Crippen LogP contribution in [0.3, 0.4) is 0 Å². The molecule has 0 spiro atoms. The van der Waals surface area contributed by atoms with E-state index in [1.54, 1.807) is 13.0 Å². The van der Waals surface area contributed by atoms with Gasteiger partial charge in [0.15, 0.2) is 5.82 Å². The number of hydrogen-bond acceptors (Lipinski definition) is 4. The molecule has 1 aromatic carbocycles. The van der Waals surface area contributed by atoms with Gasteiger partial charge in [0.2, 0.25) is 0 Å². The van der Waals surface area contributed by atoms with Crippen LogP contribution >= 0.6 is 0 Å². The van der Waals surface area contributed by atoms with E-state index < -0.39 is 15.6 Å². The van der Waals surface area contributed by atoms with Crippen LogP contribution in [0.2, 0.25) is 0 Å². The minimum atomic E-state index is -4.01. The van der Waals surface area contributed by atoms with Crippen LogP contribution in [0.15, 0.2) is 23.4 Å². The summed E-state index contributed by atoms with van der Waals surface area (Å²) in [5.74, 6) is -0.0335. The lowest BCUT2D eigenvalue weighted by molar-refractivity contribution is 0.366. The summed E-state index contributed by atoms with van der Waals surface area (Å²) in [6.07, 6.45) is 0. The monoisotopic (exact) mass is 312 g/mol. The molecule has 2 rings (SSSR count). The van der Waals surface area contributed by atoms with Gasteiger partial charge in [0.25, 0.3) is 15.2 Å². The second-order valence-electron chi connectivity index (χ2n) is 5.82. The molecule has 2 aromatic rings. The Labute approximate surface area is 122 Å². The molecule has 0 aliphatic carbocycles. The van der Waals surface area contributed by atoms with Crippen molar-refractivity contribution in [2.24, 2.45) is 5.14 Å². The fourth-order valence-corrected chi connectivity index (χ4v) is 2.88. The Hall–Kier alpha value is -1.80. The number of halogens is 1. The maximum Gasteiger partial charge on any atom is 0.273 e. The number of primary sulfonamides is 1. The first-order valence-electron chi connectivity index (χ1n) is 6.27. The molecule has 6 nitrogen and oxygen atoms in total. The Morgan fingerprint density at radius 3 is 2.33 bits per heavy atom. The van der Waals surface area contributed by atoms with Gasteiger partial charge >= 0.3 is 0 Å². The molecule has 8 heteroatoms. The molecular weight excluding hydrogens is 295 g/mol. The number of nitrogens with two attached hydrogens (primary N) is 1. The number of nitrogens with zero attached hydrogens (tertiary/aromatic N) is 3. The van der Waals surface area contributed by atoms with Crippen molar-refractivity contribution in [1.29, 1.82) is 0 Å². The quantitative estimate of drug-likeness (QED) is 0.915. The lowest BCUT2D eigenvalue weighted by Gasteiger charge is -2.24. The SMILES string of the molecule is Cc1cc(F)ccc1-c1nnc(S(N)(=O)=O)n1C(C)(C)C. The molecule has 114 valence electrons. The molecule has 1 aromatic heterocycles. The smallest absolute Gasteiger partial charge is 0.273 e. The van der Waals surface area contributed by atoms with E-state index in [4.69, 9.17) is 5.14 Å². The third kappa shape index (κ3) is 2.96. The van der Waals surface area contributed by atoms with Crippen LogP contribution in [-0.4, -0.2) is 23.2 Å². The summed E-state index contributed by atoms with van der Waals surface area (Å²) in [7, 11) is -4.01. The molecule has 0 bridgehead atoms. The standard InChI is InChI=1S/C13H17FN4O2S/c1-8-7-9(14)5-6-10(8)11-16-17-12(21(15,19)20)18(11)13(2,3)4/h5-7H,1-4H3,(H2,15,19,20). The number of sulfonamides is 1. The van der Waals surface area contributed by atoms with Crippen LogP contribution < -0.4 is 5.14 Å². The van der Waals surface area contributed by atoms with Crippen molar-refractivity contribution < 1.29 is 12.8 Å².